The van der Waals surface area contributed by atoms with Gasteiger partial charge in [-0.25, -0.2) is 4.98 Å². The smallest absolute Gasteiger partial charge is 0.227 e. The number of anilines is 3. The lowest BCUT2D eigenvalue weighted by atomic mass is 10.2. The summed E-state index contributed by atoms with van der Waals surface area (Å²) in [5, 5.41) is 4.04. The van der Waals surface area contributed by atoms with Crippen LogP contribution in [0.4, 0.5) is 17.5 Å². The molecule has 0 aliphatic heterocycles. The summed E-state index contributed by atoms with van der Waals surface area (Å²) in [6.45, 7) is 9.99. The molecule has 0 bridgehead atoms. The number of benzene rings is 1. The minimum absolute atomic E-state index is 0.706. The highest BCUT2D eigenvalue weighted by atomic mass is 35.5. The molecular formula is C16H21ClN4. The monoisotopic (exact) mass is 304 g/mol. The van der Waals surface area contributed by atoms with Crippen LogP contribution in [0, 0.1) is 13.8 Å². The maximum absolute atomic E-state index is 6.06. The van der Waals surface area contributed by atoms with Crippen LogP contribution >= 0.6 is 11.6 Å². The molecular weight excluding hydrogens is 284 g/mol. The predicted molar refractivity (Wildman–Crippen MR) is 89.8 cm³/mol. The van der Waals surface area contributed by atoms with E-state index in [1.807, 2.05) is 38.1 Å². The summed E-state index contributed by atoms with van der Waals surface area (Å²) in [6, 6.07) is 7.72. The van der Waals surface area contributed by atoms with Crippen LogP contribution in [-0.2, 0) is 0 Å². The zero-order valence-corrected chi connectivity index (χ0v) is 13.7. The summed E-state index contributed by atoms with van der Waals surface area (Å²) in [4.78, 5) is 11.2. The van der Waals surface area contributed by atoms with Crippen LogP contribution in [0.25, 0.3) is 0 Å². The van der Waals surface area contributed by atoms with Gasteiger partial charge in [0.25, 0.3) is 0 Å². The van der Waals surface area contributed by atoms with E-state index in [1.54, 1.807) is 0 Å². The standard InChI is InChI=1S/C16H21ClN4/c1-5-21(6-2)16-18-12(4)9-15(20-16)19-14-10-13(17)8-7-11(14)3/h7-10H,5-6H2,1-4H3,(H,18,19,20). The Bertz CT molecular complexity index is 624. The summed E-state index contributed by atoms with van der Waals surface area (Å²) in [5.74, 6) is 1.54. The average Bonchev–Trinajstić information content (AvgIpc) is 2.44. The summed E-state index contributed by atoms with van der Waals surface area (Å²) >= 11 is 6.06. The van der Waals surface area contributed by atoms with Crippen LogP contribution in [0.5, 0.6) is 0 Å². The molecule has 112 valence electrons. The number of rotatable bonds is 5. The predicted octanol–water partition coefficient (Wildman–Crippen LogP) is 4.34. The molecule has 2 aromatic rings. The number of nitrogens with zero attached hydrogens (tertiary/aromatic N) is 3. The van der Waals surface area contributed by atoms with E-state index in [2.05, 4.69) is 34.0 Å². The highest BCUT2D eigenvalue weighted by Crippen LogP contribution is 2.24. The lowest BCUT2D eigenvalue weighted by Crippen LogP contribution is -2.24. The van der Waals surface area contributed by atoms with Crippen LogP contribution in [0.1, 0.15) is 25.1 Å². The zero-order chi connectivity index (χ0) is 15.4. The van der Waals surface area contributed by atoms with Crippen molar-refractivity contribution in [1.82, 2.24) is 9.97 Å². The summed E-state index contributed by atoms with van der Waals surface area (Å²) in [6.07, 6.45) is 0. The lowest BCUT2D eigenvalue weighted by molar-refractivity contribution is 0.817. The molecule has 0 amide bonds. The van der Waals surface area contributed by atoms with Crippen molar-refractivity contribution in [1.29, 1.82) is 0 Å². The van der Waals surface area contributed by atoms with Gasteiger partial charge in [-0.3, -0.25) is 0 Å². The van der Waals surface area contributed by atoms with E-state index >= 15 is 0 Å². The number of nitrogens with one attached hydrogen (secondary N) is 1. The summed E-state index contributed by atoms with van der Waals surface area (Å²) < 4.78 is 0. The third-order valence-electron chi connectivity index (χ3n) is 3.35. The second kappa shape index (κ2) is 6.76. The highest BCUT2D eigenvalue weighted by molar-refractivity contribution is 6.30. The van der Waals surface area contributed by atoms with Gasteiger partial charge in [0, 0.05) is 35.6 Å². The van der Waals surface area contributed by atoms with E-state index in [0.29, 0.717) is 5.02 Å². The van der Waals surface area contributed by atoms with Crippen LogP contribution in [0.2, 0.25) is 5.02 Å². The Labute approximate surface area is 131 Å². The van der Waals surface area contributed by atoms with Gasteiger partial charge in [-0.2, -0.15) is 4.98 Å². The molecule has 4 nitrogen and oxygen atoms in total. The molecule has 0 saturated carbocycles. The number of hydrogen-bond donors (Lipinski definition) is 1. The Kier molecular flexibility index (Phi) is 5.02. The van der Waals surface area contributed by atoms with Gasteiger partial charge in [0.2, 0.25) is 5.95 Å². The molecule has 0 unspecified atom stereocenters. The fourth-order valence-electron chi connectivity index (χ4n) is 2.13. The van der Waals surface area contributed by atoms with E-state index in [-0.39, 0.29) is 0 Å². The fourth-order valence-corrected chi connectivity index (χ4v) is 2.30. The van der Waals surface area contributed by atoms with Gasteiger partial charge < -0.3 is 10.2 Å². The van der Waals surface area contributed by atoms with Crippen molar-refractivity contribution in [3.8, 4) is 0 Å². The largest absolute Gasteiger partial charge is 0.341 e. The van der Waals surface area contributed by atoms with Gasteiger partial charge in [-0.05, 0) is 45.4 Å². The van der Waals surface area contributed by atoms with Crippen LogP contribution < -0.4 is 10.2 Å². The normalized spacial score (nSPS) is 10.5. The van der Waals surface area contributed by atoms with E-state index in [9.17, 15) is 0 Å². The number of halogens is 1. The molecule has 0 aliphatic carbocycles. The van der Waals surface area contributed by atoms with E-state index in [1.165, 1.54) is 0 Å². The highest BCUT2D eigenvalue weighted by Gasteiger charge is 2.09. The van der Waals surface area contributed by atoms with Crippen molar-refractivity contribution in [3.63, 3.8) is 0 Å². The minimum atomic E-state index is 0.706. The maximum Gasteiger partial charge on any atom is 0.227 e. The third-order valence-corrected chi connectivity index (χ3v) is 3.59. The Hall–Kier alpha value is -1.81. The molecule has 1 aromatic carbocycles. The molecule has 1 aromatic heterocycles. The molecule has 0 radical (unpaired) electrons. The molecule has 21 heavy (non-hydrogen) atoms. The van der Waals surface area contributed by atoms with Crippen molar-refractivity contribution in [3.05, 3.63) is 40.5 Å². The average molecular weight is 305 g/mol. The van der Waals surface area contributed by atoms with Crippen molar-refractivity contribution < 1.29 is 0 Å². The van der Waals surface area contributed by atoms with Crippen molar-refractivity contribution in [2.45, 2.75) is 27.7 Å². The molecule has 5 heteroatoms. The van der Waals surface area contributed by atoms with Gasteiger partial charge in [0.1, 0.15) is 5.82 Å². The van der Waals surface area contributed by atoms with Gasteiger partial charge in [-0.1, -0.05) is 17.7 Å². The first-order valence-corrected chi connectivity index (χ1v) is 7.55. The van der Waals surface area contributed by atoms with Crippen LogP contribution in [0.3, 0.4) is 0 Å². The molecule has 1 N–H and O–H groups in total. The molecule has 0 saturated heterocycles. The number of aromatic nitrogens is 2. The molecule has 2 rings (SSSR count). The number of hydrogen-bond acceptors (Lipinski definition) is 4. The topological polar surface area (TPSA) is 41.1 Å². The molecule has 0 atom stereocenters. The first kappa shape index (κ1) is 15.6. The van der Waals surface area contributed by atoms with Gasteiger partial charge in [-0.15, -0.1) is 0 Å². The third kappa shape index (κ3) is 3.85. The van der Waals surface area contributed by atoms with E-state index in [0.717, 1.165) is 41.8 Å². The number of aryl methyl sites for hydroxylation is 2. The quantitative estimate of drug-likeness (QED) is 0.892. The fraction of sp³-hybridized carbons (Fsp3) is 0.375. The van der Waals surface area contributed by atoms with Gasteiger partial charge in [0.15, 0.2) is 0 Å². The molecule has 0 fully saturated rings. The second-order valence-electron chi connectivity index (χ2n) is 4.95. The summed E-state index contributed by atoms with van der Waals surface area (Å²) in [7, 11) is 0. The van der Waals surface area contributed by atoms with Gasteiger partial charge in [0.05, 0.1) is 0 Å². The first-order chi connectivity index (χ1) is 10.0. The zero-order valence-electron chi connectivity index (χ0n) is 12.9. The second-order valence-corrected chi connectivity index (χ2v) is 5.39. The van der Waals surface area contributed by atoms with Crippen molar-refractivity contribution in [2.24, 2.45) is 0 Å². The minimum Gasteiger partial charge on any atom is -0.341 e. The first-order valence-electron chi connectivity index (χ1n) is 7.17. The Balaban J connectivity index is 2.34. The van der Waals surface area contributed by atoms with Gasteiger partial charge >= 0.3 is 0 Å². The van der Waals surface area contributed by atoms with Crippen molar-refractivity contribution >= 4 is 29.1 Å². The Morgan fingerprint density at radius 1 is 1.10 bits per heavy atom. The van der Waals surface area contributed by atoms with Crippen molar-refractivity contribution in [2.75, 3.05) is 23.3 Å². The molecule has 0 aliphatic rings. The Morgan fingerprint density at radius 2 is 1.81 bits per heavy atom. The Morgan fingerprint density at radius 3 is 2.48 bits per heavy atom. The molecule has 0 spiro atoms. The van der Waals surface area contributed by atoms with Crippen LogP contribution in [0.15, 0.2) is 24.3 Å². The lowest BCUT2D eigenvalue weighted by Gasteiger charge is -2.20. The van der Waals surface area contributed by atoms with Crippen LogP contribution in [-0.4, -0.2) is 23.1 Å². The van der Waals surface area contributed by atoms with E-state index in [4.69, 9.17) is 11.6 Å². The van der Waals surface area contributed by atoms with E-state index < -0.39 is 0 Å². The molecule has 1 heterocycles. The summed E-state index contributed by atoms with van der Waals surface area (Å²) in [5.41, 5.74) is 3.03. The maximum atomic E-state index is 6.06. The SMILES string of the molecule is CCN(CC)c1nc(C)cc(Nc2cc(Cl)ccc2C)n1.